The Morgan fingerprint density at radius 3 is 1.95 bits per heavy atom. The van der Waals surface area contributed by atoms with Crippen molar-refractivity contribution in [3.63, 3.8) is 0 Å². The number of nitrogens with zero attached hydrogens (tertiary/aromatic N) is 1. The van der Waals surface area contributed by atoms with Crippen molar-refractivity contribution in [2.24, 2.45) is 0 Å². The molecule has 102 valence electrons. The molecule has 1 amide bonds. The SMILES string of the molecule is O=C(c1ccccc1)N1CCCC1.O=C1CCCC1. The first-order chi connectivity index (χ1) is 9.27. The number of likely N-dealkylation sites (tertiary alicyclic amines) is 1. The first-order valence-electron chi connectivity index (χ1n) is 7.13. The Hall–Kier alpha value is -1.64. The van der Waals surface area contributed by atoms with E-state index in [4.69, 9.17) is 0 Å². The molecule has 1 aliphatic carbocycles. The molecule has 0 radical (unpaired) electrons. The van der Waals surface area contributed by atoms with Gasteiger partial charge >= 0.3 is 0 Å². The molecule has 3 heteroatoms. The number of rotatable bonds is 1. The van der Waals surface area contributed by atoms with Gasteiger partial charge in [0.2, 0.25) is 0 Å². The largest absolute Gasteiger partial charge is 0.339 e. The molecule has 1 aromatic rings. The zero-order chi connectivity index (χ0) is 13.5. The number of hydrogen-bond donors (Lipinski definition) is 0. The van der Waals surface area contributed by atoms with Crippen LogP contribution in [-0.4, -0.2) is 29.7 Å². The Morgan fingerprint density at radius 2 is 1.47 bits per heavy atom. The van der Waals surface area contributed by atoms with Crippen LogP contribution >= 0.6 is 0 Å². The van der Waals surface area contributed by atoms with Crippen molar-refractivity contribution in [3.8, 4) is 0 Å². The van der Waals surface area contributed by atoms with Crippen LogP contribution in [0.15, 0.2) is 30.3 Å². The fourth-order valence-corrected chi connectivity index (χ4v) is 2.45. The number of ketones is 1. The Morgan fingerprint density at radius 1 is 0.895 bits per heavy atom. The number of benzene rings is 1. The van der Waals surface area contributed by atoms with E-state index in [9.17, 15) is 9.59 Å². The quantitative estimate of drug-likeness (QED) is 0.777. The average molecular weight is 259 g/mol. The number of hydrogen-bond acceptors (Lipinski definition) is 2. The molecule has 2 aliphatic rings. The molecule has 0 spiro atoms. The summed E-state index contributed by atoms with van der Waals surface area (Å²) < 4.78 is 0. The van der Waals surface area contributed by atoms with E-state index in [1.165, 1.54) is 0 Å². The van der Waals surface area contributed by atoms with Crippen LogP contribution in [0, 0.1) is 0 Å². The smallest absolute Gasteiger partial charge is 0.253 e. The second kappa shape index (κ2) is 7.07. The second-order valence-corrected chi connectivity index (χ2v) is 5.11. The second-order valence-electron chi connectivity index (χ2n) is 5.11. The lowest BCUT2D eigenvalue weighted by atomic mass is 10.2. The number of carbonyl (C=O) groups excluding carboxylic acids is 2. The summed E-state index contributed by atoms with van der Waals surface area (Å²) in [4.78, 5) is 23.9. The highest BCUT2D eigenvalue weighted by atomic mass is 16.2. The van der Waals surface area contributed by atoms with Crippen molar-refractivity contribution < 1.29 is 9.59 Å². The first kappa shape index (κ1) is 13.8. The maximum atomic E-state index is 11.8. The minimum absolute atomic E-state index is 0.179. The molecule has 19 heavy (non-hydrogen) atoms. The third-order valence-corrected chi connectivity index (χ3v) is 3.58. The number of amides is 1. The predicted octanol–water partition coefficient (Wildman–Crippen LogP) is 3.05. The van der Waals surface area contributed by atoms with Crippen molar-refractivity contribution in [1.82, 2.24) is 4.90 Å². The lowest BCUT2D eigenvalue weighted by Gasteiger charge is -2.14. The van der Waals surface area contributed by atoms with Gasteiger partial charge in [0.1, 0.15) is 5.78 Å². The Kier molecular flexibility index (Phi) is 5.13. The molecule has 2 fully saturated rings. The third-order valence-electron chi connectivity index (χ3n) is 3.58. The molecular weight excluding hydrogens is 238 g/mol. The maximum Gasteiger partial charge on any atom is 0.253 e. The summed E-state index contributed by atoms with van der Waals surface area (Å²) in [5, 5.41) is 0. The topological polar surface area (TPSA) is 37.4 Å². The van der Waals surface area contributed by atoms with E-state index < -0.39 is 0 Å². The lowest BCUT2D eigenvalue weighted by molar-refractivity contribution is -0.117. The Balaban J connectivity index is 0.000000186. The molecular formula is C16H21NO2. The molecule has 0 atom stereocenters. The Bertz CT molecular complexity index is 414. The van der Waals surface area contributed by atoms with Gasteiger partial charge in [0.05, 0.1) is 0 Å². The molecule has 0 unspecified atom stereocenters. The van der Waals surface area contributed by atoms with Crippen molar-refractivity contribution in [2.45, 2.75) is 38.5 Å². The van der Waals surface area contributed by atoms with E-state index >= 15 is 0 Å². The fraction of sp³-hybridized carbons (Fsp3) is 0.500. The molecule has 0 bridgehead atoms. The van der Waals surface area contributed by atoms with Gasteiger partial charge in [0.15, 0.2) is 0 Å². The highest BCUT2D eigenvalue weighted by Gasteiger charge is 2.18. The van der Waals surface area contributed by atoms with E-state index in [1.807, 2.05) is 35.2 Å². The summed E-state index contributed by atoms with van der Waals surface area (Å²) in [7, 11) is 0. The summed E-state index contributed by atoms with van der Waals surface area (Å²) in [6.07, 6.45) is 6.27. The predicted molar refractivity (Wildman–Crippen MR) is 75.1 cm³/mol. The average Bonchev–Trinajstić information content (AvgIpc) is 3.12. The van der Waals surface area contributed by atoms with Gasteiger partial charge in [-0.15, -0.1) is 0 Å². The summed E-state index contributed by atoms with van der Waals surface area (Å²) in [6, 6.07) is 9.49. The molecule has 1 heterocycles. The summed E-state index contributed by atoms with van der Waals surface area (Å²) in [5.74, 6) is 0.633. The highest BCUT2D eigenvalue weighted by Crippen LogP contribution is 2.12. The molecule has 3 rings (SSSR count). The van der Waals surface area contributed by atoms with E-state index in [-0.39, 0.29) is 5.91 Å². The Labute approximate surface area is 114 Å². The fourth-order valence-electron chi connectivity index (χ4n) is 2.45. The van der Waals surface area contributed by atoms with Crippen LogP contribution in [0.5, 0.6) is 0 Å². The van der Waals surface area contributed by atoms with Crippen LogP contribution in [0.3, 0.4) is 0 Å². The van der Waals surface area contributed by atoms with Gasteiger partial charge in [0, 0.05) is 31.5 Å². The molecule has 1 saturated carbocycles. The van der Waals surface area contributed by atoms with Crippen LogP contribution in [0.25, 0.3) is 0 Å². The van der Waals surface area contributed by atoms with Gasteiger partial charge in [-0.25, -0.2) is 0 Å². The van der Waals surface area contributed by atoms with Gasteiger partial charge < -0.3 is 4.90 Å². The lowest BCUT2D eigenvalue weighted by Crippen LogP contribution is -2.27. The van der Waals surface area contributed by atoms with E-state index in [0.717, 1.165) is 57.2 Å². The zero-order valence-electron chi connectivity index (χ0n) is 11.3. The van der Waals surface area contributed by atoms with Crippen LogP contribution in [0.2, 0.25) is 0 Å². The van der Waals surface area contributed by atoms with Crippen LogP contribution in [0.1, 0.15) is 48.9 Å². The van der Waals surface area contributed by atoms with Crippen LogP contribution in [-0.2, 0) is 4.79 Å². The normalized spacial score (nSPS) is 18.1. The van der Waals surface area contributed by atoms with Gasteiger partial charge in [-0.3, -0.25) is 9.59 Å². The van der Waals surface area contributed by atoms with E-state index in [0.29, 0.717) is 5.78 Å². The number of carbonyl (C=O) groups is 2. The molecule has 1 aromatic carbocycles. The summed E-state index contributed by atoms with van der Waals surface area (Å²) >= 11 is 0. The zero-order valence-corrected chi connectivity index (χ0v) is 11.3. The minimum atomic E-state index is 0.179. The standard InChI is InChI=1S/C11H13NO.C5H8O/c13-11(12-8-4-5-9-12)10-6-2-1-3-7-10;6-5-3-1-2-4-5/h1-3,6-7H,4-5,8-9H2;1-4H2. The maximum absolute atomic E-state index is 11.8. The third kappa shape index (κ3) is 4.19. The van der Waals surface area contributed by atoms with Crippen molar-refractivity contribution in [3.05, 3.63) is 35.9 Å². The van der Waals surface area contributed by atoms with Crippen LogP contribution in [0.4, 0.5) is 0 Å². The highest BCUT2D eigenvalue weighted by molar-refractivity contribution is 5.94. The van der Waals surface area contributed by atoms with Gasteiger partial charge in [-0.2, -0.15) is 0 Å². The molecule has 0 aromatic heterocycles. The molecule has 1 aliphatic heterocycles. The monoisotopic (exact) mass is 259 g/mol. The first-order valence-corrected chi connectivity index (χ1v) is 7.13. The summed E-state index contributed by atoms with van der Waals surface area (Å²) in [6.45, 7) is 1.85. The van der Waals surface area contributed by atoms with Gasteiger partial charge in [-0.1, -0.05) is 18.2 Å². The van der Waals surface area contributed by atoms with E-state index in [2.05, 4.69) is 0 Å². The van der Waals surface area contributed by atoms with Gasteiger partial charge in [-0.05, 0) is 37.8 Å². The van der Waals surface area contributed by atoms with Crippen molar-refractivity contribution in [2.75, 3.05) is 13.1 Å². The number of Topliss-reactive ketones (excluding diaryl/α,β-unsaturated/α-hetero) is 1. The van der Waals surface area contributed by atoms with Crippen LogP contribution < -0.4 is 0 Å². The minimum Gasteiger partial charge on any atom is -0.339 e. The van der Waals surface area contributed by atoms with Gasteiger partial charge in [0.25, 0.3) is 5.91 Å². The van der Waals surface area contributed by atoms with Crippen molar-refractivity contribution >= 4 is 11.7 Å². The summed E-state index contributed by atoms with van der Waals surface area (Å²) in [5.41, 5.74) is 0.810. The molecule has 3 nitrogen and oxygen atoms in total. The van der Waals surface area contributed by atoms with Crippen molar-refractivity contribution in [1.29, 1.82) is 0 Å². The molecule has 1 saturated heterocycles. The molecule has 0 N–H and O–H groups in total. The van der Waals surface area contributed by atoms with E-state index in [1.54, 1.807) is 0 Å².